The molecule has 2 N–H and O–H groups in total. The Morgan fingerprint density at radius 2 is 1.97 bits per heavy atom. The molecule has 1 heterocycles. The van der Waals surface area contributed by atoms with Crippen molar-refractivity contribution in [2.45, 2.75) is 58.6 Å². The quantitative estimate of drug-likeness (QED) is 0.486. The van der Waals surface area contributed by atoms with E-state index in [2.05, 4.69) is 24.5 Å². The molecule has 3 rings (SSSR count). The van der Waals surface area contributed by atoms with Crippen molar-refractivity contribution in [2.24, 2.45) is 11.3 Å². The average Bonchev–Trinajstić information content (AvgIpc) is 2.86. The lowest BCUT2D eigenvalue weighted by Gasteiger charge is -2.43. The summed E-state index contributed by atoms with van der Waals surface area (Å²) in [6.45, 7) is 6.98. The van der Waals surface area contributed by atoms with Crippen LogP contribution in [0.4, 0.5) is 10.5 Å². The zero-order valence-corrected chi connectivity index (χ0v) is 20.0. The van der Waals surface area contributed by atoms with Gasteiger partial charge in [-0.2, -0.15) is 0 Å². The highest BCUT2D eigenvalue weighted by Crippen LogP contribution is 2.46. The molecule has 0 radical (unpaired) electrons. The summed E-state index contributed by atoms with van der Waals surface area (Å²) >= 11 is 11.9. The van der Waals surface area contributed by atoms with Gasteiger partial charge in [-0.25, -0.2) is 4.79 Å². The first-order valence-corrected chi connectivity index (χ1v) is 11.2. The molecule has 0 aromatic heterocycles. The maximum absolute atomic E-state index is 13.1. The third-order valence-corrected chi connectivity index (χ3v) is 6.34. The predicted octanol–water partition coefficient (Wildman–Crippen LogP) is 4.00. The number of urea groups is 1. The van der Waals surface area contributed by atoms with Crippen LogP contribution in [0, 0.1) is 11.3 Å². The van der Waals surface area contributed by atoms with Crippen LogP contribution < -0.4 is 10.6 Å². The van der Waals surface area contributed by atoms with Crippen LogP contribution in [0.3, 0.4) is 0 Å². The molecule has 174 valence electrons. The smallest absolute Gasteiger partial charge is 0.327 e. The fourth-order valence-corrected chi connectivity index (χ4v) is 5.23. The number of benzene rings is 1. The minimum atomic E-state index is -1.18. The van der Waals surface area contributed by atoms with Gasteiger partial charge >= 0.3 is 12.0 Å². The SMILES string of the molecule is CC1CC(C)(C)CC2(C1)NC(=O)N(CC(=O)OC(C)C(=O)Nc1cc(Cl)ccc1Cl)C2=O. The third-order valence-electron chi connectivity index (χ3n) is 5.78. The van der Waals surface area contributed by atoms with Gasteiger partial charge < -0.3 is 15.4 Å². The number of nitrogens with zero attached hydrogens (tertiary/aromatic N) is 1. The summed E-state index contributed by atoms with van der Waals surface area (Å²) in [6.07, 6.45) is 0.787. The Balaban J connectivity index is 1.62. The Kier molecular flexibility index (Phi) is 6.77. The molecule has 1 aromatic rings. The van der Waals surface area contributed by atoms with Crippen molar-refractivity contribution in [1.29, 1.82) is 0 Å². The molecule has 1 aromatic carbocycles. The minimum absolute atomic E-state index is 0.120. The number of imide groups is 1. The van der Waals surface area contributed by atoms with Crippen molar-refractivity contribution in [3.63, 3.8) is 0 Å². The maximum atomic E-state index is 13.1. The van der Waals surface area contributed by atoms with Crippen LogP contribution in [-0.4, -0.2) is 46.9 Å². The largest absolute Gasteiger partial charge is 0.451 e. The monoisotopic (exact) mass is 483 g/mol. The molecule has 3 atom stereocenters. The van der Waals surface area contributed by atoms with Crippen molar-refractivity contribution in [3.05, 3.63) is 28.2 Å². The molecule has 1 aliphatic carbocycles. The molecule has 4 amide bonds. The van der Waals surface area contributed by atoms with Gasteiger partial charge in [-0.3, -0.25) is 19.3 Å². The van der Waals surface area contributed by atoms with E-state index in [0.717, 1.165) is 11.3 Å². The number of carbonyl (C=O) groups excluding carboxylic acids is 4. The van der Waals surface area contributed by atoms with Crippen LogP contribution in [0.5, 0.6) is 0 Å². The molecule has 0 bridgehead atoms. The zero-order chi connectivity index (χ0) is 23.8. The molecule has 10 heteroatoms. The van der Waals surface area contributed by atoms with Gasteiger partial charge in [0.2, 0.25) is 0 Å². The first kappa shape index (κ1) is 24.3. The van der Waals surface area contributed by atoms with E-state index in [1.165, 1.54) is 19.1 Å². The Hall–Kier alpha value is -2.32. The first-order chi connectivity index (χ1) is 14.8. The van der Waals surface area contributed by atoms with Gasteiger partial charge in [-0.1, -0.05) is 44.0 Å². The molecule has 32 heavy (non-hydrogen) atoms. The second-order valence-electron chi connectivity index (χ2n) is 9.50. The van der Waals surface area contributed by atoms with E-state index >= 15 is 0 Å². The number of rotatable bonds is 5. The Labute approximate surface area is 196 Å². The Morgan fingerprint density at radius 1 is 1.28 bits per heavy atom. The lowest BCUT2D eigenvalue weighted by molar-refractivity contribution is -0.155. The van der Waals surface area contributed by atoms with Gasteiger partial charge in [-0.05, 0) is 55.7 Å². The minimum Gasteiger partial charge on any atom is -0.451 e. The van der Waals surface area contributed by atoms with E-state index < -0.39 is 42.0 Å². The van der Waals surface area contributed by atoms with E-state index in [-0.39, 0.29) is 22.0 Å². The lowest BCUT2D eigenvalue weighted by atomic mass is 9.64. The van der Waals surface area contributed by atoms with E-state index in [0.29, 0.717) is 17.9 Å². The topological polar surface area (TPSA) is 105 Å². The number of nitrogens with one attached hydrogen (secondary N) is 2. The second-order valence-corrected chi connectivity index (χ2v) is 10.3. The number of amides is 4. The third kappa shape index (κ3) is 5.18. The Bertz CT molecular complexity index is 967. The average molecular weight is 484 g/mol. The lowest BCUT2D eigenvalue weighted by Crippen LogP contribution is -2.54. The van der Waals surface area contributed by atoms with Crippen LogP contribution in [0.25, 0.3) is 0 Å². The van der Waals surface area contributed by atoms with E-state index in [4.69, 9.17) is 27.9 Å². The highest BCUT2D eigenvalue weighted by molar-refractivity contribution is 6.35. The summed E-state index contributed by atoms with van der Waals surface area (Å²) < 4.78 is 5.15. The molecule has 1 saturated heterocycles. The van der Waals surface area contributed by atoms with Crippen molar-refractivity contribution in [1.82, 2.24) is 10.2 Å². The van der Waals surface area contributed by atoms with Crippen LogP contribution in [0.2, 0.25) is 10.0 Å². The standard InChI is InChI=1S/C22H27Cl2N3O5/c1-12-8-21(3,4)11-22(9-12)19(30)27(20(31)26-22)10-17(28)32-13(2)18(29)25-16-7-14(23)5-6-15(16)24/h5-7,12-13H,8-11H2,1-4H3,(H,25,29)(H,26,31). The van der Waals surface area contributed by atoms with Crippen molar-refractivity contribution >= 4 is 52.7 Å². The van der Waals surface area contributed by atoms with Crippen LogP contribution in [-0.2, 0) is 19.1 Å². The van der Waals surface area contributed by atoms with Gasteiger partial charge in [0, 0.05) is 5.02 Å². The Morgan fingerprint density at radius 3 is 2.62 bits per heavy atom. The summed E-state index contributed by atoms with van der Waals surface area (Å²) in [5.41, 5.74) is -0.854. The van der Waals surface area contributed by atoms with Crippen molar-refractivity contribution in [2.75, 3.05) is 11.9 Å². The normalized spacial score (nSPS) is 25.4. The van der Waals surface area contributed by atoms with Crippen LogP contribution >= 0.6 is 23.2 Å². The van der Waals surface area contributed by atoms with Gasteiger partial charge in [0.25, 0.3) is 11.8 Å². The van der Waals surface area contributed by atoms with Crippen molar-refractivity contribution < 1.29 is 23.9 Å². The summed E-state index contributed by atoms with van der Waals surface area (Å²) in [5, 5.41) is 5.99. The summed E-state index contributed by atoms with van der Waals surface area (Å²) in [7, 11) is 0. The molecule has 2 fully saturated rings. The summed E-state index contributed by atoms with van der Waals surface area (Å²) in [5.74, 6) is -1.67. The molecule has 1 spiro atoms. The highest BCUT2D eigenvalue weighted by atomic mass is 35.5. The number of halogens is 2. The number of hydrogen-bond donors (Lipinski definition) is 2. The summed E-state index contributed by atoms with van der Waals surface area (Å²) in [6, 6.07) is 3.94. The number of ether oxygens (including phenoxy) is 1. The van der Waals surface area contributed by atoms with E-state index in [9.17, 15) is 19.2 Å². The molecular formula is C22H27Cl2N3O5. The van der Waals surface area contributed by atoms with Gasteiger partial charge in [0.15, 0.2) is 6.10 Å². The van der Waals surface area contributed by atoms with Gasteiger partial charge in [0.1, 0.15) is 12.1 Å². The van der Waals surface area contributed by atoms with Crippen LogP contribution in [0.1, 0.15) is 47.0 Å². The summed E-state index contributed by atoms with van der Waals surface area (Å²) in [4.78, 5) is 51.3. The zero-order valence-electron chi connectivity index (χ0n) is 18.5. The van der Waals surface area contributed by atoms with Gasteiger partial charge in [0.05, 0.1) is 10.7 Å². The van der Waals surface area contributed by atoms with Crippen molar-refractivity contribution in [3.8, 4) is 0 Å². The molecule has 3 unspecified atom stereocenters. The highest BCUT2D eigenvalue weighted by Gasteiger charge is 2.56. The second kappa shape index (κ2) is 8.90. The van der Waals surface area contributed by atoms with Crippen LogP contribution in [0.15, 0.2) is 18.2 Å². The number of esters is 1. The number of carbonyl (C=O) groups is 4. The maximum Gasteiger partial charge on any atom is 0.327 e. The predicted molar refractivity (Wildman–Crippen MR) is 120 cm³/mol. The first-order valence-electron chi connectivity index (χ1n) is 10.4. The fourth-order valence-electron chi connectivity index (χ4n) is 4.89. The fraction of sp³-hybridized carbons (Fsp3) is 0.545. The van der Waals surface area contributed by atoms with Gasteiger partial charge in [-0.15, -0.1) is 0 Å². The molecule has 2 aliphatic rings. The van der Waals surface area contributed by atoms with E-state index in [1.807, 2.05) is 6.92 Å². The molecule has 1 saturated carbocycles. The molecule has 8 nitrogen and oxygen atoms in total. The molecular weight excluding hydrogens is 457 g/mol. The van der Waals surface area contributed by atoms with E-state index in [1.54, 1.807) is 6.07 Å². The number of hydrogen-bond acceptors (Lipinski definition) is 5. The molecule has 1 aliphatic heterocycles. The number of anilines is 1.